The molecule has 1 amide bonds. The summed E-state index contributed by atoms with van der Waals surface area (Å²) < 4.78 is 26.2. The second-order valence-corrected chi connectivity index (χ2v) is 10.7. The number of amides is 1. The van der Waals surface area contributed by atoms with E-state index in [4.69, 9.17) is 11.6 Å². The Kier molecular flexibility index (Phi) is 9.27. The second-order valence-electron chi connectivity index (χ2n) is 7.19. The SMILES string of the molecule is CN(C)CCCN(C(=O)CCS(=O)(=O)c1ccc(Cl)cc1)c1nc2ccccc2s1.Cl. The van der Waals surface area contributed by atoms with Crippen LogP contribution in [-0.2, 0) is 14.6 Å². The van der Waals surface area contributed by atoms with Crippen molar-refractivity contribution < 1.29 is 13.2 Å². The summed E-state index contributed by atoms with van der Waals surface area (Å²) in [5.41, 5.74) is 0.830. The van der Waals surface area contributed by atoms with E-state index >= 15 is 0 Å². The molecule has 0 radical (unpaired) electrons. The van der Waals surface area contributed by atoms with Gasteiger partial charge in [-0.3, -0.25) is 9.69 Å². The molecule has 0 bridgehead atoms. The number of sulfone groups is 1. The summed E-state index contributed by atoms with van der Waals surface area (Å²) >= 11 is 7.28. The normalized spacial score (nSPS) is 11.5. The van der Waals surface area contributed by atoms with Crippen LogP contribution in [0, 0.1) is 0 Å². The van der Waals surface area contributed by atoms with E-state index in [1.165, 1.54) is 35.6 Å². The Bertz CT molecular complexity index is 1080. The van der Waals surface area contributed by atoms with Crippen LogP contribution in [0.2, 0.25) is 5.02 Å². The summed E-state index contributed by atoms with van der Waals surface area (Å²) in [6.07, 6.45) is 0.654. The van der Waals surface area contributed by atoms with Gasteiger partial charge in [-0.25, -0.2) is 13.4 Å². The lowest BCUT2D eigenvalue weighted by molar-refractivity contribution is -0.118. The van der Waals surface area contributed by atoms with Gasteiger partial charge in [0.1, 0.15) is 0 Å². The topological polar surface area (TPSA) is 70.6 Å². The van der Waals surface area contributed by atoms with Gasteiger partial charge in [0.05, 0.1) is 20.9 Å². The van der Waals surface area contributed by atoms with E-state index in [2.05, 4.69) is 4.98 Å². The Morgan fingerprint density at radius 1 is 1.06 bits per heavy atom. The maximum absolute atomic E-state index is 13.0. The molecule has 6 nitrogen and oxygen atoms in total. The number of rotatable bonds is 9. The molecule has 0 N–H and O–H groups in total. The summed E-state index contributed by atoms with van der Waals surface area (Å²) in [5.74, 6) is -0.506. The number of carbonyl (C=O) groups is 1. The van der Waals surface area contributed by atoms with Gasteiger partial charge < -0.3 is 4.90 Å². The fraction of sp³-hybridized carbons (Fsp3) is 0.333. The molecule has 0 fully saturated rings. The van der Waals surface area contributed by atoms with Crippen LogP contribution in [0.4, 0.5) is 5.13 Å². The third kappa shape index (κ3) is 6.89. The Balaban J connectivity index is 0.00000341. The molecular formula is C21H25Cl2N3O3S2. The van der Waals surface area contributed by atoms with E-state index in [0.29, 0.717) is 16.7 Å². The van der Waals surface area contributed by atoms with Gasteiger partial charge in [0.15, 0.2) is 15.0 Å². The standard InChI is InChI=1S/C21H24ClN3O3S2.ClH/c1-24(2)13-5-14-25(21-23-18-6-3-4-7-19(18)29-21)20(26)12-15-30(27,28)17-10-8-16(22)9-11-17;/h3-4,6-11H,5,12-15H2,1-2H3;1H. The fourth-order valence-corrected chi connectivity index (χ4v) is 5.33. The van der Waals surface area contributed by atoms with Crippen LogP contribution in [0.5, 0.6) is 0 Å². The molecule has 3 aromatic rings. The highest BCUT2D eigenvalue weighted by Gasteiger charge is 2.23. The van der Waals surface area contributed by atoms with Crippen molar-refractivity contribution in [3.63, 3.8) is 0 Å². The average molecular weight is 502 g/mol. The van der Waals surface area contributed by atoms with Gasteiger partial charge in [-0.1, -0.05) is 35.1 Å². The van der Waals surface area contributed by atoms with Gasteiger partial charge in [-0.2, -0.15) is 0 Å². The number of para-hydroxylation sites is 1. The number of thiazole rings is 1. The molecule has 10 heteroatoms. The van der Waals surface area contributed by atoms with Crippen molar-refractivity contribution in [3.8, 4) is 0 Å². The van der Waals surface area contributed by atoms with Crippen molar-refractivity contribution in [3.05, 3.63) is 53.6 Å². The lowest BCUT2D eigenvalue weighted by Crippen LogP contribution is -2.34. The van der Waals surface area contributed by atoms with Crippen LogP contribution in [0.15, 0.2) is 53.4 Å². The molecule has 0 saturated carbocycles. The Morgan fingerprint density at radius 2 is 1.74 bits per heavy atom. The quantitative estimate of drug-likeness (QED) is 0.430. The number of hydrogen-bond acceptors (Lipinski definition) is 6. The fourth-order valence-electron chi connectivity index (χ4n) is 2.96. The molecule has 1 heterocycles. The minimum atomic E-state index is -3.58. The van der Waals surface area contributed by atoms with Crippen LogP contribution < -0.4 is 4.90 Å². The molecule has 0 atom stereocenters. The lowest BCUT2D eigenvalue weighted by atomic mass is 10.3. The number of fused-ring (bicyclic) bond motifs is 1. The first kappa shape index (κ1) is 25.5. The molecule has 168 valence electrons. The summed E-state index contributed by atoms with van der Waals surface area (Å²) in [7, 11) is 0.372. The smallest absolute Gasteiger partial charge is 0.229 e. The Morgan fingerprint density at radius 3 is 2.39 bits per heavy atom. The Labute approximate surface area is 198 Å². The average Bonchev–Trinajstić information content (AvgIpc) is 3.13. The van der Waals surface area contributed by atoms with Crippen molar-refractivity contribution in [1.29, 1.82) is 0 Å². The first-order valence-electron chi connectivity index (χ1n) is 9.55. The summed E-state index contributed by atoms with van der Waals surface area (Å²) in [6.45, 7) is 1.30. The predicted molar refractivity (Wildman–Crippen MR) is 131 cm³/mol. The summed E-state index contributed by atoms with van der Waals surface area (Å²) in [6, 6.07) is 13.7. The predicted octanol–water partition coefficient (Wildman–Crippen LogP) is 4.52. The zero-order valence-corrected chi connectivity index (χ0v) is 20.5. The molecule has 2 aromatic carbocycles. The number of benzene rings is 2. The van der Waals surface area contributed by atoms with E-state index in [-0.39, 0.29) is 35.4 Å². The minimum absolute atomic E-state index is 0. The number of hydrogen-bond donors (Lipinski definition) is 0. The molecule has 3 rings (SSSR count). The zero-order chi connectivity index (χ0) is 21.7. The monoisotopic (exact) mass is 501 g/mol. The first-order valence-corrected chi connectivity index (χ1v) is 12.4. The van der Waals surface area contributed by atoms with Crippen molar-refractivity contribution in [2.24, 2.45) is 0 Å². The number of nitrogens with zero attached hydrogens (tertiary/aromatic N) is 3. The lowest BCUT2D eigenvalue weighted by Gasteiger charge is -2.21. The molecule has 0 spiro atoms. The second kappa shape index (κ2) is 11.2. The number of halogens is 2. The number of carbonyl (C=O) groups excluding carboxylic acids is 1. The number of anilines is 1. The minimum Gasteiger partial charge on any atom is -0.309 e. The van der Waals surface area contributed by atoms with Crippen molar-refractivity contribution in [2.45, 2.75) is 17.7 Å². The van der Waals surface area contributed by atoms with Crippen LogP contribution >= 0.6 is 35.3 Å². The van der Waals surface area contributed by atoms with Crippen molar-refractivity contribution in [1.82, 2.24) is 9.88 Å². The highest BCUT2D eigenvalue weighted by Crippen LogP contribution is 2.29. The van der Waals surface area contributed by atoms with Gasteiger partial charge in [-0.15, -0.1) is 12.4 Å². The van der Waals surface area contributed by atoms with Crippen molar-refractivity contribution in [2.75, 3.05) is 37.8 Å². The molecule has 1 aromatic heterocycles. The zero-order valence-electron chi connectivity index (χ0n) is 17.3. The largest absolute Gasteiger partial charge is 0.309 e. The van der Waals surface area contributed by atoms with Gasteiger partial charge in [0.25, 0.3) is 0 Å². The molecular weight excluding hydrogens is 477 g/mol. The van der Waals surface area contributed by atoms with Crippen molar-refractivity contribution >= 4 is 66.4 Å². The van der Waals surface area contributed by atoms with Crippen LogP contribution in [0.3, 0.4) is 0 Å². The summed E-state index contributed by atoms with van der Waals surface area (Å²) in [5, 5.41) is 1.07. The first-order chi connectivity index (χ1) is 14.3. The maximum atomic E-state index is 13.0. The molecule has 0 aliphatic carbocycles. The van der Waals surface area contributed by atoms with Gasteiger partial charge in [0.2, 0.25) is 5.91 Å². The van der Waals surface area contributed by atoms with Gasteiger partial charge >= 0.3 is 0 Å². The van der Waals surface area contributed by atoms with E-state index in [0.717, 1.165) is 23.2 Å². The summed E-state index contributed by atoms with van der Waals surface area (Å²) in [4.78, 5) is 21.4. The molecule has 31 heavy (non-hydrogen) atoms. The van der Waals surface area contributed by atoms with E-state index in [9.17, 15) is 13.2 Å². The van der Waals surface area contributed by atoms with Gasteiger partial charge in [-0.05, 0) is 63.5 Å². The van der Waals surface area contributed by atoms with Crippen LogP contribution in [0.1, 0.15) is 12.8 Å². The highest BCUT2D eigenvalue weighted by atomic mass is 35.5. The molecule has 0 aliphatic heterocycles. The van der Waals surface area contributed by atoms with E-state index in [1.807, 2.05) is 43.3 Å². The molecule has 0 saturated heterocycles. The number of aromatic nitrogens is 1. The van der Waals surface area contributed by atoms with E-state index in [1.54, 1.807) is 4.90 Å². The third-order valence-corrected chi connectivity index (χ3v) is 7.60. The van der Waals surface area contributed by atoms with E-state index < -0.39 is 9.84 Å². The maximum Gasteiger partial charge on any atom is 0.229 e. The van der Waals surface area contributed by atoms with Crippen LogP contribution in [0.25, 0.3) is 10.2 Å². The van der Waals surface area contributed by atoms with Gasteiger partial charge in [0, 0.05) is 18.0 Å². The highest BCUT2D eigenvalue weighted by molar-refractivity contribution is 7.91. The Hall–Kier alpha value is -1.71. The third-order valence-electron chi connectivity index (χ3n) is 4.56. The molecule has 0 aliphatic rings. The molecule has 0 unspecified atom stereocenters. The van der Waals surface area contributed by atoms with Crippen LogP contribution in [-0.4, -0.2) is 57.1 Å².